The molecule has 8 heavy (non-hydrogen) atoms. The van der Waals surface area contributed by atoms with Gasteiger partial charge in [-0.3, -0.25) is 4.55 Å². The van der Waals surface area contributed by atoms with E-state index in [4.69, 9.17) is 4.55 Å². The Morgan fingerprint density at radius 1 is 1.38 bits per heavy atom. The van der Waals surface area contributed by atoms with Gasteiger partial charge in [0.2, 0.25) is 0 Å². The summed E-state index contributed by atoms with van der Waals surface area (Å²) in [6.45, 7) is 0. The maximum absolute atomic E-state index is 9.48. The second-order valence-electron chi connectivity index (χ2n) is 0.711. The van der Waals surface area contributed by atoms with Gasteiger partial charge >= 0.3 is 0 Å². The van der Waals surface area contributed by atoms with E-state index in [9.17, 15) is 8.42 Å². The summed E-state index contributed by atoms with van der Waals surface area (Å²) in [7, 11) is -3.80. The molecule has 0 saturated carbocycles. The van der Waals surface area contributed by atoms with Crippen molar-refractivity contribution in [1.29, 1.82) is 0 Å². The minimum absolute atomic E-state index is 0. The Balaban J connectivity index is -0.000000125. The van der Waals surface area contributed by atoms with Crippen LogP contribution in [0.25, 0.3) is 0 Å². The van der Waals surface area contributed by atoms with Crippen molar-refractivity contribution in [2.24, 2.45) is 0 Å². The Hall–Kier alpha value is 2.26. The van der Waals surface area contributed by atoms with E-state index in [0.717, 1.165) is 0 Å². The first-order valence-electron chi connectivity index (χ1n) is 1.12. The van der Waals surface area contributed by atoms with Crippen LogP contribution in [0, 0.1) is 0 Å². The van der Waals surface area contributed by atoms with E-state index in [1.807, 2.05) is 0 Å². The van der Waals surface area contributed by atoms with Crippen molar-refractivity contribution in [3.05, 3.63) is 0 Å². The van der Waals surface area contributed by atoms with Crippen LogP contribution in [0.4, 0.5) is 0 Å². The minimum Gasteiger partial charge on any atom is -0.285 e. The van der Waals surface area contributed by atoms with Crippen molar-refractivity contribution >= 4 is 81.9 Å². The van der Waals surface area contributed by atoms with Crippen molar-refractivity contribution in [2.45, 2.75) is 0 Å². The Kier molecular flexibility index (Phi) is 15.4. The molecule has 0 unspecified atom stereocenters. The first kappa shape index (κ1) is 16.7. The average molecular weight is 174 g/mol. The van der Waals surface area contributed by atoms with E-state index in [-0.39, 0.29) is 59.1 Å². The Labute approximate surface area is 98.3 Å². The van der Waals surface area contributed by atoms with Crippen LogP contribution in [-0.4, -0.2) is 77.2 Å². The number of rotatable bonds is 1. The van der Waals surface area contributed by atoms with E-state index in [2.05, 4.69) is 12.6 Å². The third kappa shape index (κ3) is 15.7. The van der Waals surface area contributed by atoms with Gasteiger partial charge in [-0.15, -0.1) is 0 Å². The zero-order chi connectivity index (χ0) is 5.21. The van der Waals surface area contributed by atoms with E-state index >= 15 is 0 Å². The molecule has 0 aliphatic heterocycles. The van der Waals surface area contributed by atoms with Crippen molar-refractivity contribution in [1.82, 2.24) is 0 Å². The molecule has 0 atom stereocenters. The van der Waals surface area contributed by atoms with E-state index < -0.39 is 15.2 Å². The molecule has 0 aliphatic carbocycles. The third-order valence-electron chi connectivity index (χ3n) is 0.163. The zero-order valence-corrected chi connectivity index (χ0v) is 10.5. The van der Waals surface area contributed by atoms with Gasteiger partial charge < -0.3 is 0 Å². The fourth-order valence-corrected chi connectivity index (χ4v) is 0. The topological polar surface area (TPSA) is 54.4 Å². The van der Waals surface area contributed by atoms with Crippen molar-refractivity contribution in [3.63, 3.8) is 0 Å². The summed E-state index contributed by atoms with van der Waals surface area (Å²) in [4.78, 5) is 0. The summed E-state index contributed by atoms with van der Waals surface area (Å²) in [6.07, 6.45) is 0. The maximum Gasteiger partial charge on any atom is 0.274 e. The van der Waals surface area contributed by atoms with Crippen LogP contribution in [0.1, 0.15) is 0 Å². The fourth-order valence-electron chi connectivity index (χ4n) is 0. The maximum atomic E-state index is 9.48. The average Bonchev–Trinajstić information content (AvgIpc) is 1.35. The molecule has 1 N–H and O–H groups in total. The van der Waals surface area contributed by atoms with Crippen LogP contribution in [-0.2, 0) is 10.1 Å². The van der Waals surface area contributed by atoms with Gasteiger partial charge in [-0.05, 0) is 0 Å². The Bertz CT molecular complexity index is 117. The van der Waals surface area contributed by atoms with Gasteiger partial charge in [0.15, 0.2) is 0 Å². The summed E-state index contributed by atoms with van der Waals surface area (Å²) in [6, 6.07) is 0. The first-order chi connectivity index (χ1) is 2.56. The van der Waals surface area contributed by atoms with Gasteiger partial charge in [-0.1, -0.05) is 0 Å². The Morgan fingerprint density at radius 2 is 1.50 bits per heavy atom. The van der Waals surface area contributed by atoms with Crippen LogP contribution in [0.2, 0.25) is 0 Å². The predicted molar refractivity (Wildman–Crippen MR) is 36.9 cm³/mol. The fraction of sp³-hybridized carbons (Fsp3) is 1.00. The molecule has 0 amide bonds. The number of hydrogen-bond donors (Lipinski definition) is 2. The van der Waals surface area contributed by atoms with Crippen LogP contribution in [0.3, 0.4) is 0 Å². The van der Waals surface area contributed by atoms with Gasteiger partial charge in [0.1, 0.15) is 5.08 Å². The molecule has 0 heterocycles. The summed E-state index contributed by atoms with van der Waals surface area (Å²) in [5, 5.41) is -0.507. The summed E-state index contributed by atoms with van der Waals surface area (Å²) < 4.78 is 26.7. The zero-order valence-electron chi connectivity index (χ0n) is 4.83. The number of hydrogen-bond acceptors (Lipinski definition) is 3. The smallest absolute Gasteiger partial charge is 0.274 e. The third-order valence-corrected chi connectivity index (χ3v) is 1.47. The molecule has 0 aromatic rings. The molecule has 0 aromatic heterocycles. The van der Waals surface area contributed by atoms with Gasteiger partial charge in [0.05, 0.1) is 0 Å². The molecule has 2 radical (unpaired) electrons. The molecule has 0 bridgehead atoms. The molecule has 0 fully saturated rings. The van der Waals surface area contributed by atoms with Gasteiger partial charge in [0.25, 0.3) is 10.1 Å². The minimum atomic E-state index is -3.80. The van der Waals surface area contributed by atoms with Crippen molar-refractivity contribution in [3.8, 4) is 0 Å². The van der Waals surface area contributed by atoms with Crippen LogP contribution in [0.5, 0.6) is 0 Å². The molecule has 40 valence electrons. The summed E-state index contributed by atoms with van der Waals surface area (Å²) >= 11 is 3.26. The predicted octanol–water partition coefficient (Wildman–Crippen LogP) is -1.00. The normalized spacial score (nSPS) is 8.75. The molecule has 7 heteroatoms. The van der Waals surface area contributed by atoms with E-state index in [0.29, 0.717) is 0 Å². The van der Waals surface area contributed by atoms with Crippen LogP contribution < -0.4 is 0 Å². The summed E-state index contributed by atoms with van der Waals surface area (Å²) in [5.74, 6) is 0. The summed E-state index contributed by atoms with van der Waals surface area (Å²) in [5.41, 5.74) is 0. The molecule has 3 nitrogen and oxygen atoms in total. The molecule has 0 spiro atoms. The number of thiol groups is 1. The molecule has 0 aliphatic rings. The van der Waals surface area contributed by atoms with E-state index in [1.54, 1.807) is 0 Å². The monoisotopic (exact) mass is 174 g/mol. The van der Waals surface area contributed by atoms with Gasteiger partial charge in [0, 0.05) is 59.1 Å². The van der Waals surface area contributed by atoms with E-state index in [1.165, 1.54) is 0 Å². The molecule has 0 rings (SSSR count). The van der Waals surface area contributed by atoms with Crippen molar-refractivity contribution < 1.29 is 13.0 Å². The van der Waals surface area contributed by atoms with Crippen LogP contribution in [0.15, 0.2) is 0 Å². The molecular weight excluding hydrogens is 170 g/mol. The molecule has 0 saturated heterocycles. The van der Waals surface area contributed by atoms with Gasteiger partial charge in [-0.25, -0.2) is 0 Å². The van der Waals surface area contributed by atoms with Gasteiger partial charge in [-0.2, -0.15) is 21.0 Å². The Morgan fingerprint density at radius 3 is 1.50 bits per heavy atom. The van der Waals surface area contributed by atoms with Crippen molar-refractivity contribution in [2.75, 3.05) is 5.08 Å². The molecule has 0 aromatic carbocycles. The first-order valence-corrected chi connectivity index (χ1v) is 3.36. The standard InChI is InChI=1S/CH4O3S2.2Na/c2-6(3,4)1-5;;/h5H,1H2,(H,2,3,4);;. The SMILES string of the molecule is O=S(=O)(O)CS.[Na].[Na]. The second-order valence-corrected chi connectivity index (χ2v) is 2.91. The quantitative estimate of drug-likeness (QED) is 0.304. The molecular formula is CH4Na2O3S2. The van der Waals surface area contributed by atoms with Crippen LogP contribution >= 0.6 is 12.6 Å². The largest absolute Gasteiger partial charge is 0.285 e. The second kappa shape index (κ2) is 7.37.